The summed E-state index contributed by atoms with van der Waals surface area (Å²) in [7, 11) is 1.93. The molecule has 0 amide bonds. The zero-order valence-corrected chi connectivity index (χ0v) is 10.6. The van der Waals surface area contributed by atoms with E-state index in [2.05, 4.69) is 20.9 Å². The molecular weight excluding hydrogens is 276 g/mol. The van der Waals surface area contributed by atoms with Crippen molar-refractivity contribution in [3.8, 4) is 0 Å². The van der Waals surface area contributed by atoms with Gasteiger partial charge in [-0.3, -0.25) is 0 Å². The normalized spacial score (nSPS) is 13.0. The Morgan fingerprint density at radius 3 is 2.93 bits per heavy atom. The molecule has 15 heavy (non-hydrogen) atoms. The molecule has 0 aliphatic carbocycles. The number of nitrogens with zero attached hydrogens (tertiary/aromatic N) is 2. The van der Waals surface area contributed by atoms with Crippen LogP contribution in [-0.2, 0) is 13.5 Å². The Hall–Kier alpha value is -0.650. The van der Waals surface area contributed by atoms with Crippen molar-refractivity contribution >= 4 is 27.3 Å². The minimum Gasteiger partial charge on any atom is -0.387 e. The monoisotopic (exact) mass is 286 g/mol. The number of thiophene rings is 1. The molecule has 2 heterocycles. The van der Waals surface area contributed by atoms with Gasteiger partial charge in [-0.2, -0.15) is 0 Å². The topological polar surface area (TPSA) is 38.0 Å². The highest BCUT2D eigenvalue weighted by Crippen LogP contribution is 2.28. The van der Waals surface area contributed by atoms with E-state index < -0.39 is 6.10 Å². The summed E-state index contributed by atoms with van der Waals surface area (Å²) < 4.78 is 2.96. The summed E-state index contributed by atoms with van der Waals surface area (Å²) in [6.45, 7) is 0. The van der Waals surface area contributed by atoms with Crippen molar-refractivity contribution in [1.29, 1.82) is 0 Å². The Morgan fingerprint density at radius 2 is 2.40 bits per heavy atom. The summed E-state index contributed by atoms with van der Waals surface area (Å²) in [5, 5.41) is 9.97. The molecule has 80 valence electrons. The number of rotatable bonds is 3. The van der Waals surface area contributed by atoms with Crippen molar-refractivity contribution in [2.45, 2.75) is 12.5 Å². The van der Waals surface area contributed by atoms with Crippen molar-refractivity contribution in [3.05, 3.63) is 39.0 Å². The zero-order chi connectivity index (χ0) is 10.8. The lowest BCUT2D eigenvalue weighted by Gasteiger charge is -2.07. The fourth-order valence-electron chi connectivity index (χ4n) is 1.37. The van der Waals surface area contributed by atoms with Gasteiger partial charge < -0.3 is 9.67 Å². The van der Waals surface area contributed by atoms with Crippen LogP contribution in [-0.4, -0.2) is 14.7 Å². The summed E-state index contributed by atoms with van der Waals surface area (Å²) in [4.78, 5) is 5.15. The third-order valence-corrected chi connectivity index (χ3v) is 3.94. The highest BCUT2D eigenvalue weighted by Gasteiger charge is 2.13. The van der Waals surface area contributed by atoms with E-state index in [1.54, 1.807) is 17.5 Å². The van der Waals surface area contributed by atoms with E-state index in [-0.39, 0.29) is 0 Å². The molecule has 0 spiro atoms. The number of aliphatic hydroxyl groups excluding tert-OH is 1. The number of halogens is 1. The molecule has 3 nitrogen and oxygen atoms in total. The van der Waals surface area contributed by atoms with Crippen LogP contribution in [0.25, 0.3) is 0 Å². The van der Waals surface area contributed by atoms with Gasteiger partial charge in [-0.05, 0) is 28.1 Å². The summed E-state index contributed by atoms with van der Waals surface area (Å²) in [6.07, 6.45) is 3.71. The van der Waals surface area contributed by atoms with Crippen molar-refractivity contribution in [1.82, 2.24) is 9.55 Å². The van der Waals surface area contributed by atoms with Gasteiger partial charge in [-0.25, -0.2) is 4.98 Å². The molecule has 2 aromatic rings. The maximum absolute atomic E-state index is 9.97. The molecule has 0 bridgehead atoms. The first-order valence-electron chi connectivity index (χ1n) is 4.56. The Kier molecular flexibility index (Phi) is 3.23. The van der Waals surface area contributed by atoms with Crippen molar-refractivity contribution in [2.75, 3.05) is 0 Å². The molecule has 5 heteroatoms. The lowest BCUT2D eigenvalue weighted by Crippen LogP contribution is -2.05. The van der Waals surface area contributed by atoms with Crippen molar-refractivity contribution < 1.29 is 5.11 Å². The number of hydrogen-bond donors (Lipinski definition) is 1. The molecule has 1 atom stereocenters. The van der Waals surface area contributed by atoms with Crippen molar-refractivity contribution in [2.24, 2.45) is 7.05 Å². The Balaban J connectivity index is 2.10. The summed E-state index contributed by atoms with van der Waals surface area (Å²) >= 11 is 4.93. The maximum Gasteiger partial charge on any atom is 0.111 e. The van der Waals surface area contributed by atoms with Crippen LogP contribution in [0.5, 0.6) is 0 Å². The highest BCUT2D eigenvalue weighted by atomic mass is 79.9. The molecule has 0 aliphatic rings. The van der Waals surface area contributed by atoms with Crippen LogP contribution in [0.2, 0.25) is 0 Å². The van der Waals surface area contributed by atoms with E-state index in [1.807, 2.05) is 29.9 Å². The van der Waals surface area contributed by atoms with Gasteiger partial charge in [0.05, 0.1) is 9.89 Å². The lowest BCUT2D eigenvalue weighted by atomic mass is 10.2. The average Bonchev–Trinajstić information content (AvgIpc) is 2.77. The summed E-state index contributed by atoms with van der Waals surface area (Å²) in [5.41, 5.74) is 0. The minimum atomic E-state index is -0.470. The van der Waals surface area contributed by atoms with Gasteiger partial charge in [0.15, 0.2) is 0 Å². The molecule has 2 rings (SSSR count). The maximum atomic E-state index is 9.97. The number of hydrogen-bond acceptors (Lipinski definition) is 3. The van der Waals surface area contributed by atoms with Gasteiger partial charge in [0.1, 0.15) is 5.82 Å². The van der Waals surface area contributed by atoms with Crippen LogP contribution in [0, 0.1) is 0 Å². The fourth-order valence-corrected chi connectivity index (χ4v) is 2.78. The third-order valence-electron chi connectivity index (χ3n) is 2.22. The van der Waals surface area contributed by atoms with E-state index in [1.165, 1.54) is 0 Å². The van der Waals surface area contributed by atoms with E-state index in [4.69, 9.17) is 0 Å². The zero-order valence-electron chi connectivity index (χ0n) is 8.22. The first-order chi connectivity index (χ1) is 7.16. The van der Waals surface area contributed by atoms with Crippen LogP contribution in [0.1, 0.15) is 16.8 Å². The van der Waals surface area contributed by atoms with E-state index in [9.17, 15) is 5.11 Å². The van der Waals surface area contributed by atoms with Gasteiger partial charge in [0.25, 0.3) is 0 Å². The Morgan fingerprint density at radius 1 is 1.60 bits per heavy atom. The molecule has 1 N–H and O–H groups in total. The Labute approximate surface area is 101 Å². The van der Waals surface area contributed by atoms with Gasteiger partial charge >= 0.3 is 0 Å². The molecule has 0 saturated heterocycles. The molecule has 0 saturated carbocycles. The van der Waals surface area contributed by atoms with Gasteiger partial charge in [0, 0.05) is 30.7 Å². The molecule has 2 aromatic heterocycles. The highest BCUT2D eigenvalue weighted by molar-refractivity contribution is 9.11. The number of aromatic nitrogens is 2. The smallest absolute Gasteiger partial charge is 0.111 e. The third kappa shape index (κ3) is 2.48. The predicted molar refractivity (Wildman–Crippen MR) is 63.9 cm³/mol. The summed E-state index contributed by atoms with van der Waals surface area (Å²) in [5.74, 6) is 0.895. The van der Waals surface area contributed by atoms with Crippen LogP contribution >= 0.6 is 27.3 Å². The van der Waals surface area contributed by atoms with Gasteiger partial charge in [0.2, 0.25) is 0 Å². The number of aryl methyl sites for hydroxylation is 1. The second-order valence-electron chi connectivity index (χ2n) is 3.32. The summed E-state index contributed by atoms with van der Waals surface area (Å²) in [6, 6.07) is 3.88. The standard InChI is InChI=1S/C10H11BrN2OS/c1-13-5-4-12-10(13)6-7(14)8-2-3-9(11)15-8/h2-5,7,14H,6H2,1H3. The second-order valence-corrected chi connectivity index (χ2v) is 5.81. The minimum absolute atomic E-state index is 0.470. The van der Waals surface area contributed by atoms with Gasteiger partial charge in [-0.15, -0.1) is 11.3 Å². The Bertz CT molecular complexity index is 452. The molecule has 0 aliphatic heterocycles. The molecule has 1 unspecified atom stereocenters. The SMILES string of the molecule is Cn1ccnc1CC(O)c1ccc(Br)s1. The first-order valence-corrected chi connectivity index (χ1v) is 6.17. The molecule has 0 radical (unpaired) electrons. The molecular formula is C10H11BrN2OS. The largest absolute Gasteiger partial charge is 0.387 e. The van der Waals surface area contributed by atoms with Crippen LogP contribution < -0.4 is 0 Å². The van der Waals surface area contributed by atoms with E-state index >= 15 is 0 Å². The first kappa shape index (κ1) is 10.9. The van der Waals surface area contributed by atoms with E-state index in [0.717, 1.165) is 14.5 Å². The van der Waals surface area contributed by atoms with Crippen LogP contribution in [0.4, 0.5) is 0 Å². The van der Waals surface area contributed by atoms with Crippen molar-refractivity contribution in [3.63, 3.8) is 0 Å². The average molecular weight is 287 g/mol. The van der Waals surface area contributed by atoms with Crippen LogP contribution in [0.15, 0.2) is 28.3 Å². The molecule has 0 aromatic carbocycles. The lowest BCUT2D eigenvalue weighted by molar-refractivity contribution is 0.178. The van der Waals surface area contributed by atoms with E-state index in [0.29, 0.717) is 6.42 Å². The van der Waals surface area contributed by atoms with Crippen LogP contribution in [0.3, 0.4) is 0 Å². The quantitative estimate of drug-likeness (QED) is 0.942. The second kappa shape index (κ2) is 4.47. The molecule has 0 fully saturated rings. The van der Waals surface area contributed by atoms with Gasteiger partial charge in [-0.1, -0.05) is 0 Å². The fraction of sp³-hybridized carbons (Fsp3) is 0.300. The predicted octanol–water partition coefficient (Wildman–Crippen LogP) is 2.52. The number of imidazole rings is 1. The number of aliphatic hydroxyl groups is 1.